The van der Waals surface area contributed by atoms with Crippen molar-refractivity contribution in [2.45, 2.75) is 25.8 Å². The Morgan fingerprint density at radius 3 is 2.68 bits per heavy atom. The van der Waals surface area contributed by atoms with Crippen LogP contribution in [0.5, 0.6) is 5.75 Å². The average molecular weight is 424 g/mol. The molecule has 0 bridgehead atoms. The summed E-state index contributed by atoms with van der Waals surface area (Å²) in [6.07, 6.45) is 1.57. The number of carbonyl (C=O) groups is 1. The number of benzene rings is 2. The summed E-state index contributed by atoms with van der Waals surface area (Å²) in [5.41, 5.74) is 4.91. The number of nitrogens with zero attached hydrogens (tertiary/aromatic N) is 2. The van der Waals surface area contributed by atoms with E-state index in [0.29, 0.717) is 13.2 Å². The van der Waals surface area contributed by atoms with E-state index in [1.165, 1.54) is 22.5 Å². The Labute approximate surface area is 185 Å². The molecule has 0 saturated carbocycles. The van der Waals surface area contributed by atoms with Crippen molar-refractivity contribution in [3.05, 3.63) is 53.6 Å². The first-order chi connectivity index (χ1) is 15.1. The average Bonchev–Trinajstić information content (AvgIpc) is 2.81. The minimum atomic E-state index is -0.0864. The van der Waals surface area contributed by atoms with Crippen LogP contribution in [0, 0.1) is 12.8 Å². The fourth-order valence-corrected chi connectivity index (χ4v) is 4.75. The fourth-order valence-electron chi connectivity index (χ4n) is 4.75. The van der Waals surface area contributed by atoms with Crippen molar-refractivity contribution in [1.29, 1.82) is 0 Å². The molecule has 1 saturated heterocycles. The molecule has 1 N–H and O–H groups in total. The van der Waals surface area contributed by atoms with Crippen molar-refractivity contribution in [3.63, 3.8) is 0 Å². The van der Waals surface area contributed by atoms with Crippen molar-refractivity contribution in [1.82, 2.24) is 5.32 Å². The van der Waals surface area contributed by atoms with Gasteiger partial charge in [-0.25, -0.2) is 0 Å². The number of rotatable bonds is 7. The predicted molar refractivity (Wildman–Crippen MR) is 124 cm³/mol. The second kappa shape index (κ2) is 9.60. The minimum absolute atomic E-state index is 0.0864. The summed E-state index contributed by atoms with van der Waals surface area (Å²) in [4.78, 5) is 18.1. The standard InChI is InChI=1S/C25H33N3O3/c1-18-5-8-20(9-6-18)27-12-13-28-23-16-21(31-3)10-7-19(23)15-22(24(28)17-27)25(29)26-11-4-14-30-2/h5-10,16,22,24H,4,11-15,17H2,1-3H3,(H,26,29)/t22-,24+/m1/s1. The molecule has 1 fully saturated rings. The van der Waals surface area contributed by atoms with Crippen LogP contribution in [0.4, 0.5) is 11.4 Å². The lowest BCUT2D eigenvalue weighted by molar-refractivity contribution is -0.125. The number of anilines is 2. The lowest BCUT2D eigenvalue weighted by Gasteiger charge is -2.49. The van der Waals surface area contributed by atoms with Crippen LogP contribution in [0.15, 0.2) is 42.5 Å². The molecule has 166 valence electrons. The molecule has 2 aliphatic heterocycles. The van der Waals surface area contributed by atoms with Crippen molar-refractivity contribution in [3.8, 4) is 5.75 Å². The molecule has 2 aliphatic rings. The lowest BCUT2D eigenvalue weighted by Crippen LogP contribution is -2.61. The van der Waals surface area contributed by atoms with Crippen LogP contribution < -0.4 is 19.9 Å². The van der Waals surface area contributed by atoms with E-state index in [0.717, 1.165) is 38.2 Å². The number of methoxy groups -OCH3 is 2. The van der Waals surface area contributed by atoms with E-state index in [1.54, 1.807) is 14.2 Å². The molecule has 0 aliphatic carbocycles. The summed E-state index contributed by atoms with van der Waals surface area (Å²) < 4.78 is 10.6. The van der Waals surface area contributed by atoms with E-state index in [2.05, 4.69) is 58.4 Å². The van der Waals surface area contributed by atoms with Gasteiger partial charge in [0.05, 0.1) is 19.1 Å². The quantitative estimate of drug-likeness (QED) is 0.694. The first-order valence-electron chi connectivity index (χ1n) is 11.1. The topological polar surface area (TPSA) is 54.0 Å². The maximum atomic E-state index is 13.2. The monoisotopic (exact) mass is 423 g/mol. The van der Waals surface area contributed by atoms with E-state index < -0.39 is 0 Å². The van der Waals surface area contributed by atoms with Gasteiger partial charge < -0.3 is 24.6 Å². The number of nitrogens with one attached hydrogen (secondary N) is 1. The lowest BCUT2D eigenvalue weighted by atomic mass is 9.83. The third-order valence-electron chi connectivity index (χ3n) is 6.49. The molecule has 2 aromatic carbocycles. The molecular weight excluding hydrogens is 390 g/mol. The first kappa shape index (κ1) is 21.5. The Morgan fingerprint density at radius 2 is 1.94 bits per heavy atom. The van der Waals surface area contributed by atoms with Crippen LogP contribution in [0.1, 0.15) is 17.5 Å². The Kier molecular flexibility index (Phi) is 6.66. The summed E-state index contributed by atoms with van der Waals surface area (Å²) in [5, 5.41) is 3.15. The van der Waals surface area contributed by atoms with Gasteiger partial charge >= 0.3 is 0 Å². The molecule has 2 aromatic rings. The molecular formula is C25H33N3O3. The number of hydrogen-bond acceptors (Lipinski definition) is 5. The fraction of sp³-hybridized carbons (Fsp3) is 0.480. The number of aryl methyl sites for hydroxylation is 1. The molecule has 2 heterocycles. The number of ether oxygens (including phenoxy) is 2. The summed E-state index contributed by atoms with van der Waals surface area (Å²) in [6.45, 7) is 6.05. The number of amides is 1. The molecule has 2 atom stereocenters. The SMILES string of the molecule is COCCCNC(=O)[C@@H]1Cc2ccc(OC)cc2N2CCN(c3ccc(C)cc3)C[C@@H]12. The summed E-state index contributed by atoms with van der Waals surface area (Å²) in [7, 11) is 3.39. The Hall–Kier alpha value is -2.73. The van der Waals surface area contributed by atoms with E-state index in [9.17, 15) is 4.79 Å². The van der Waals surface area contributed by atoms with E-state index in [4.69, 9.17) is 9.47 Å². The van der Waals surface area contributed by atoms with Gasteiger partial charge in [-0.05, 0) is 43.5 Å². The molecule has 31 heavy (non-hydrogen) atoms. The normalized spacial score (nSPS) is 20.1. The summed E-state index contributed by atoms with van der Waals surface area (Å²) in [5.74, 6) is 0.913. The molecule has 0 spiro atoms. The van der Waals surface area contributed by atoms with Gasteiger partial charge in [-0.2, -0.15) is 0 Å². The Morgan fingerprint density at radius 1 is 1.13 bits per heavy atom. The van der Waals surface area contributed by atoms with Crippen molar-refractivity contribution in [2.75, 3.05) is 56.8 Å². The van der Waals surface area contributed by atoms with E-state index >= 15 is 0 Å². The molecule has 1 amide bonds. The highest BCUT2D eigenvalue weighted by molar-refractivity contribution is 5.82. The smallest absolute Gasteiger partial charge is 0.225 e. The zero-order chi connectivity index (χ0) is 21.8. The zero-order valence-electron chi connectivity index (χ0n) is 18.8. The second-order valence-corrected chi connectivity index (χ2v) is 8.48. The summed E-state index contributed by atoms with van der Waals surface area (Å²) in [6, 6.07) is 15.0. The molecule has 6 heteroatoms. The number of hydrogen-bond donors (Lipinski definition) is 1. The summed E-state index contributed by atoms with van der Waals surface area (Å²) >= 11 is 0. The van der Waals surface area contributed by atoms with Crippen LogP contribution in [-0.2, 0) is 16.0 Å². The minimum Gasteiger partial charge on any atom is -0.497 e. The maximum absolute atomic E-state index is 13.2. The first-order valence-corrected chi connectivity index (χ1v) is 11.1. The highest BCUT2D eigenvalue weighted by Gasteiger charge is 2.41. The van der Waals surface area contributed by atoms with Crippen LogP contribution in [0.3, 0.4) is 0 Å². The van der Waals surface area contributed by atoms with Crippen LogP contribution in [-0.4, -0.2) is 59.0 Å². The Bertz CT molecular complexity index is 899. The van der Waals surface area contributed by atoms with Gasteiger partial charge in [-0.1, -0.05) is 23.8 Å². The third-order valence-corrected chi connectivity index (χ3v) is 6.49. The molecule has 0 unspecified atom stereocenters. The zero-order valence-corrected chi connectivity index (χ0v) is 18.8. The second-order valence-electron chi connectivity index (χ2n) is 8.48. The largest absolute Gasteiger partial charge is 0.497 e. The predicted octanol–water partition coefficient (Wildman–Crippen LogP) is 3.02. The van der Waals surface area contributed by atoms with Gasteiger partial charge in [-0.3, -0.25) is 4.79 Å². The number of fused-ring (bicyclic) bond motifs is 3. The van der Waals surface area contributed by atoms with Gasteiger partial charge in [0, 0.05) is 57.3 Å². The number of carbonyl (C=O) groups excluding carboxylic acids is 1. The van der Waals surface area contributed by atoms with Gasteiger partial charge in [0.15, 0.2) is 0 Å². The van der Waals surface area contributed by atoms with E-state index in [1.807, 2.05) is 6.07 Å². The van der Waals surface area contributed by atoms with Crippen molar-refractivity contribution in [2.24, 2.45) is 5.92 Å². The van der Waals surface area contributed by atoms with Crippen LogP contribution in [0.2, 0.25) is 0 Å². The van der Waals surface area contributed by atoms with E-state index in [-0.39, 0.29) is 17.9 Å². The third kappa shape index (κ3) is 4.64. The van der Waals surface area contributed by atoms with Crippen LogP contribution >= 0.6 is 0 Å². The Balaban J connectivity index is 1.59. The van der Waals surface area contributed by atoms with Crippen molar-refractivity contribution < 1.29 is 14.3 Å². The molecule has 6 nitrogen and oxygen atoms in total. The van der Waals surface area contributed by atoms with Gasteiger partial charge in [-0.15, -0.1) is 0 Å². The highest BCUT2D eigenvalue weighted by atomic mass is 16.5. The number of piperazine rings is 1. The van der Waals surface area contributed by atoms with Gasteiger partial charge in [0.1, 0.15) is 5.75 Å². The molecule has 4 rings (SSSR count). The maximum Gasteiger partial charge on any atom is 0.225 e. The van der Waals surface area contributed by atoms with Crippen LogP contribution in [0.25, 0.3) is 0 Å². The molecule has 0 radical (unpaired) electrons. The van der Waals surface area contributed by atoms with Gasteiger partial charge in [0.25, 0.3) is 0 Å². The van der Waals surface area contributed by atoms with Gasteiger partial charge in [0.2, 0.25) is 5.91 Å². The highest BCUT2D eigenvalue weighted by Crippen LogP contribution is 2.39. The van der Waals surface area contributed by atoms with Crippen molar-refractivity contribution >= 4 is 17.3 Å². The molecule has 0 aromatic heterocycles.